The molecule has 1 amide bonds. The van der Waals surface area contributed by atoms with E-state index in [9.17, 15) is 14.4 Å². The molecule has 1 aromatic heterocycles. The first-order chi connectivity index (χ1) is 13.8. The lowest BCUT2D eigenvalue weighted by Gasteiger charge is -2.08. The summed E-state index contributed by atoms with van der Waals surface area (Å²) in [4.78, 5) is 35.2. The van der Waals surface area contributed by atoms with E-state index in [1.54, 1.807) is 0 Å². The molecule has 1 aliphatic heterocycles. The molecule has 1 unspecified atom stereocenters. The van der Waals surface area contributed by atoms with Crippen LogP contribution in [0.15, 0.2) is 24.3 Å². The van der Waals surface area contributed by atoms with E-state index >= 15 is 0 Å². The standard InChI is InChI=1S/C15H23N3OS2.C4H4O4/c1-11-8-12(18-14(16)9-11)4-2-3-6-17-15(19)10-13-5-7-20-21-13;5-3(6)1-2-4(7)8/h8-9,13H,2-7,10H2,1H3,(H2,16,18)(H,17,19);1-2H,(H,5,6)(H,7,8). The molecule has 1 atom stereocenters. The third-order valence-corrected chi connectivity index (χ3v) is 6.67. The fraction of sp³-hybridized carbons (Fsp3) is 0.474. The number of carboxylic acid groups (broad SMARTS) is 2. The van der Waals surface area contributed by atoms with Gasteiger partial charge in [0.15, 0.2) is 0 Å². The molecule has 0 aromatic carbocycles. The lowest BCUT2D eigenvalue weighted by atomic mass is 10.1. The maximum atomic E-state index is 11.8. The fourth-order valence-electron chi connectivity index (χ4n) is 2.48. The van der Waals surface area contributed by atoms with Crippen LogP contribution in [0.3, 0.4) is 0 Å². The Morgan fingerprint density at radius 2 is 1.93 bits per heavy atom. The summed E-state index contributed by atoms with van der Waals surface area (Å²) in [7, 11) is 3.73. The van der Waals surface area contributed by atoms with Gasteiger partial charge in [-0.2, -0.15) is 0 Å². The minimum atomic E-state index is -1.26. The predicted octanol–water partition coefficient (Wildman–Crippen LogP) is 2.67. The zero-order valence-corrected chi connectivity index (χ0v) is 17.9. The van der Waals surface area contributed by atoms with Gasteiger partial charge in [-0.3, -0.25) is 4.79 Å². The van der Waals surface area contributed by atoms with Crippen molar-refractivity contribution in [3.63, 3.8) is 0 Å². The van der Waals surface area contributed by atoms with Crippen molar-refractivity contribution in [3.05, 3.63) is 35.5 Å². The van der Waals surface area contributed by atoms with Crippen LogP contribution in [0.4, 0.5) is 5.82 Å². The molecular weight excluding hydrogens is 414 g/mol. The Labute approximate surface area is 178 Å². The molecule has 1 aromatic rings. The Hall–Kier alpha value is -2.20. The Morgan fingerprint density at radius 3 is 2.48 bits per heavy atom. The van der Waals surface area contributed by atoms with E-state index in [-0.39, 0.29) is 5.91 Å². The van der Waals surface area contributed by atoms with Crippen molar-refractivity contribution in [2.24, 2.45) is 0 Å². The average molecular weight is 442 g/mol. The molecule has 5 N–H and O–H groups in total. The highest BCUT2D eigenvalue weighted by atomic mass is 33.1. The van der Waals surface area contributed by atoms with Crippen LogP contribution < -0.4 is 11.1 Å². The molecule has 160 valence electrons. The molecule has 1 aliphatic rings. The molecule has 0 bridgehead atoms. The van der Waals surface area contributed by atoms with Gasteiger partial charge >= 0.3 is 11.9 Å². The number of nitrogens with one attached hydrogen (secondary N) is 1. The number of pyridine rings is 1. The molecule has 0 radical (unpaired) electrons. The highest BCUT2D eigenvalue weighted by Gasteiger charge is 2.19. The molecule has 29 heavy (non-hydrogen) atoms. The quantitative estimate of drug-likeness (QED) is 0.258. The number of hydrogen-bond acceptors (Lipinski definition) is 7. The van der Waals surface area contributed by atoms with Crippen LogP contribution in [0.25, 0.3) is 0 Å². The second-order valence-corrected chi connectivity index (χ2v) is 9.20. The summed E-state index contributed by atoms with van der Waals surface area (Å²) in [5, 5.41) is 19.1. The molecular formula is C19H27N3O5S2. The van der Waals surface area contributed by atoms with Crippen LogP contribution in [-0.4, -0.2) is 50.6 Å². The van der Waals surface area contributed by atoms with Gasteiger partial charge in [-0.1, -0.05) is 21.6 Å². The van der Waals surface area contributed by atoms with Gasteiger partial charge in [-0.15, -0.1) is 0 Å². The number of carboxylic acids is 2. The SMILES string of the molecule is Cc1cc(N)nc(CCCCNC(=O)CC2CCSS2)c1.O=C(O)C=CC(=O)O. The van der Waals surface area contributed by atoms with Crippen LogP contribution in [0.1, 0.15) is 36.9 Å². The number of aliphatic carboxylic acids is 2. The lowest BCUT2D eigenvalue weighted by Crippen LogP contribution is -2.26. The number of carbonyl (C=O) groups is 3. The first-order valence-corrected chi connectivity index (χ1v) is 11.6. The van der Waals surface area contributed by atoms with Crippen molar-refractivity contribution in [1.82, 2.24) is 10.3 Å². The number of anilines is 1. The van der Waals surface area contributed by atoms with Crippen molar-refractivity contribution in [3.8, 4) is 0 Å². The van der Waals surface area contributed by atoms with E-state index in [1.165, 1.54) is 5.75 Å². The zero-order chi connectivity index (χ0) is 21.6. The van der Waals surface area contributed by atoms with E-state index in [2.05, 4.69) is 16.4 Å². The number of carbonyl (C=O) groups excluding carboxylic acids is 1. The number of amides is 1. The first kappa shape index (κ1) is 24.8. The largest absolute Gasteiger partial charge is 0.478 e. The Kier molecular flexibility index (Phi) is 11.9. The molecule has 2 rings (SSSR count). The van der Waals surface area contributed by atoms with E-state index in [1.807, 2.05) is 34.6 Å². The number of nitrogen functional groups attached to an aromatic ring is 1. The molecule has 1 saturated heterocycles. The smallest absolute Gasteiger partial charge is 0.328 e. The summed E-state index contributed by atoms with van der Waals surface area (Å²) < 4.78 is 0. The second kappa shape index (κ2) is 13.9. The fourth-order valence-corrected chi connectivity index (χ4v) is 5.38. The van der Waals surface area contributed by atoms with Crippen molar-refractivity contribution < 1.29 is 24.6 Å². The van der Waals surface area contributed by atoms with Crippen molar-refractivity contribution in [2.75, 3.05) is 18.0 Å². The van der Waals surface area contributed by atoms with Crippen LogP contribution in [0.2, 0.25) is 0 Å². The number of aromatic nitrogens is 1. The third kappa shape index (κ3) is 12.8. The highest BCUT2D eigenvalue weighted by Crippen LogP contribution is 2.39. The summed E-state index contributed by atoms with van der Waals surface area (Å²) >= 11 is 0. The normalized spacial score (nSPS) is 15.6. The maximum absolute atomic E-state index is 11.8. The van der Waals surface area contributed by atoms with Crippen LogP contribution in [0.5, 0.6) is 0 Å². The number of rotatable bonds is 9. The zero-order valence-electron chi connectivity index (χ0n) is 16.3. The summed E-state index contributed by atoms with van der Waals surface area (Å²) in [5.41, 5.74) is 7.93. The molecule has 2 heterocycles. The number of nitrogens with zero attached hydrogens (tertiary/aromatic N) is 1. The Balaban J connectivity index is 0.000000447. The monoisotopic (exact) mass is 441 g/mol. The van der Waals surface area contributed by atoms with Crippen LogP contribution in [-0.2, 0) is 20.8 Å². The van der Waals surface area contributed by atoms with Crippen molar-refractivity contribution >= 4 is 45.3 Å². The lowest BCUT2D eigenvalue weighted by molar-refractivity contribution is -0.134. The summed E-state index contributed by atoms with van der Waals surface area (Å²) in [6.45, 7) is 2.78. The van der Waals surface area contributed by atoms with E-state index in [0.29, 0.717) is 29.6 Å². The van der Waals surface area contributed by atoms with Gasteiger partial charge in [-0.25, -0.2) is 14.6 Å². The highest BCUT2D eigenvalue weighted by molar-refractivity contribution is 8.77. The van der Waals surface area contributed by atoms with Gasteiger partial charge in [0.05, 0.1) is 0 Å². The van der Waals surface area contributed by atoms with E-state index < -0.39 is 11.9 Å². The number of hydrogen-bond donors (Lipinski definition) is 4. The van der Waals surface area contributed by atoms with Crippen LogP contribution in [0, 0.1) is 6.92 Å². The first-order valence-electron chi connectivity index (χ1n) is 9.18. The Morgan fingerprint density at radius 1 is 1.24 bits per heavy atom. The molecule has 0 saturated carbocycles. The summed E-state index contributed by atoms with van der Waals surface area (Å²) in [6.07, 6.45) is 5.84. The van der Waals surface area contributed by atoms with Crippen molar-refractivity contribution in [1.29, 1.82) is 0 Å². The second-order valence-electron chi connectivity index (χ2n) is 6.41. The van der Waals surface area contributed by atoms with E-state index in [4.69, 9.17) is 15.9 Å². The van der Waals surface area contributed by atoms with Crippen LogP contribution >= 0.6 is 21.6 Å². The minimum absolute atomic E-state index is 0.188. The predicted molar refractivity (Wildman–Crippen MR) is 117 cm³/mol. The molecule has 0 aliphatic carbocycles. The van der Waals surface area contributed by atoms with Gasteiger partial charge < -0.3 is 21.3 Å². The van der Waals surface area contributed by atoms with Gasteiger partial charge in [0, 0.05) is 41.8 Å². The number of nitrogens with two attached hydrogens (primary N) is 1. The average Bonchev–Trinajstić information content (AvgIpc) is 3.12. The maximum Gasteiger partial charge on any atom is 0.328 e. The van der Waals surface area contributed by atoms with Gasteiger partial charge in [0.25, 0.3) is 0 Å². The summed E-state index contributed by atoms with van der Waals surface area (Å²) in [5.74, 6) is -0.562. The minimum Gasteiger partial charge on any atom is -0.478 e. The molecule has 1 fully saturated rings. The van der Waals surface area contributed by atoms with E-state index in [0.717, 1.165) is 43.5 Å². The summed E-state index contributed by atoms with van der Waals surface area (Å²) in [6, 6.07) is 3.95. The molecule has 0 spiro atoms. The topological polar surface area (TPSA) is 143 Å². The molecule has 8 nitrogen and oxygen atoms in total. The molecule has 10 heteroatoms. The number of aryl methyl sites for hydroxylation is 2. The Bertz CT molecular complexity index is 686. The van der Waals surface area contributed by atoms with Crippen molar-refractivity contribution in [2.45, 2.75) is 44.3 Å². The third-order valence-electron chi connectivity index (χ3n) is 3.73. The van der Waals surface area contributed by atoms with Gasteiger partial charge in [-0.05, 0) is 50.3 Å². The number of unbranched alkanes of at least 4 members (excludes halogenated alkanes) is 1. The van der Waals surface area contributed by atoms with Gasteiger partial charge in [0.2, 0.25) is 5.91 Å². The van der Waals surface area contributed by atoms with Gasteiger partial charge in [0.1, 0.15) is 5.82 Å².